The van der Waals surface area contributed by atoms with Gasteiger partial charge in [-0.1, -0.05) is 60.1 Å². The van der Waals surface area contributed by atoms with Gasteiger partial charge in [-0.05, 0) is 70.8 Å². The van der Waals surface area contributed by atoms with E-state index < -0.39 is 51.3 Å². The molecule has 1 aliphatic heterocycles. The van der Waals surface area contributed by atoms with Crippen molar-refractivity contribution in [1.82, 2.24) is 0 Å². The van der Waals surface area contributed by atoms with Crippen molar-refractivity contribution in [1.29, 1.82) is 0 Å². The number of halogens is 4. The summed E-state index contributed by atoms with van der Waals surface area (Å²) in [5, 5.41) is 0.468. The molecule has 6 nitrogen and oxygen atoms in total. The molecule has 4 aromatic carbocycles. The molecule has 1 fully saturated rings. The highest BCUT2D eigenvalue weighted by molar-refractivity contribution is 6.38. The predicted molar refractivity (Wildman–Crippen MR) is 172 cm³/mol. The summed E-state index contributed by atoms with van der Waals surface area (Å²) in [7, 11) is 0. The minimum atomic E-state index is -1.30. The van der Waals surface area contributed by atoms with Gasteiger partial charge >= 0.3 is 5.97 Å². The van der Waals surface area contributed by atoms with Crippen LogP contribution in [0.25, 0.3) is 0 Å². The van der Waals surface area contributed by atoms with E-state index in [1.807, 2.05) is 48.5 Å². The zero-order valence-electron chi connectivity index (χ0n) is 23.4. The monoisotopic (exact) mass is 677 g/mol. The first kappa shape index (κ1) is 30.0. The van der Waals surface area contributed by atoms with E-state index in [0.29, 0.717) is 32.8 Å². The number of amides is 2. The number of ketones is 1. The lowest BCUT2D eigenvalue weighted by Crippen LogP contribution is -2.57. The fourth-order valence-corrected chi connectivity index (χ4v) is 8.43. The van der Waals surface area contributed by atoms with Crippen molar-refractivity contribution < 1.29 is 23.9 Å². The van der Waals surface area contributed by atoms with Gasteiger partial charge in [0.05, 0.1) is 23.1 Å². The molecule has 1 heterocycles. The number of hydrogen-bond acceptors (Lipinski definition) is 5. The second-order valence-electron chi connectivity index (χ2n) is 11.3. The van der Waals surface area contributed by atoms with E-state index in [-0.39, 0.29) is 23.6 Å². The number of nitrogens with zero attached hydrogens (tertiary/aromatic N) is 1. The average molecular weight is 679 g/mol. The highest BCUT2D eigenvalue weighted by atomic mass is 35.5. The summed E-state index contributed by atoms with van der Waals surface area (Å²) in [4.78, 5) is 53.0. The molecule has 226 valence electrons. The number of carbonyl (C=O) groups excluding carboxylic acids is 4. The molecule has 3 aliphatic carbocycles. The molecule has 4 aromatic rings. The number of carbonyl (C=O) groups is 4. The largest absolute Gasteiger partial charge is 0.450 e. The van der Waals surface area contributed by atoms with Gasteiger partial charge in [0.2, 0.25) is 17.6 Å². The van der Waals surface area contributed by atoms with E-state index in [9.17, 15) is 19.2 Å². The van der Waals surface area contributed by atoms with Gasteiger partial charge in [0.15, 0.2) is 6.10 Å². The van der Waals surface area contributed by atoms with E-state index in [2.05, 4.69) is 0 Å². The second-order valence-corrected chi connectivity index (χ2v) is 13.3. The van der Waals surface area contributed by atoms with Gasteiger partial charge in [-0.2, -0.15) is 0 Å². The van der Waals surface area contributed by atoms with Crippen LogP contribution >= 0.6 is 46.4 Å². The van der Waals surface area contributed by atoms with E-state index in [1.165, 1.54) is 24.3 Å². The average Bonchev–Trinajstić information content (AvgIpc) is 3.34. The van der Waals surface area contributed by atoms with Gasteiger partial charge in [-0.25, -0.2) is 9.69 Å². The summed E-state index contributed by atoms with van der Waals surface area (Å²) in [5.41, 5.74) is 3.56. The summed E-state index contributed by atoms with van der Waals surface area (Å²) >= 11 is 26.8. The van der Waals surface area contributed by atoms with Gasteiger partial charge in [0, 0.05) is 22.9 Å². The van der Waals surface area contributed by atoms with Crippen LogP contribution in [0.1, 0.15) is 49.4 Å². The fraction of sp³-hybridized carbons (Fsp3) is 0.200. The smallest absolute Gasteiger partial charge is 0.338 e. The van der Waals surface area contributed by atoms with E-state index in [0.717, 1.165) is 4.90 Å². The molecule has 45 heavy (non-hydrogen) atoms. The first-order chi connectivity index (χ1) is 21.6. The van der Waals surface area contributed by atoms with Crippen molar-refractivity contribution in [3.8, 4) is 0 Å². The Labute approximate surface area is 278 Å². The van der Waals surface area contributed by atoms with Crippen molar-refractivity contribution in [3.05, 3.63) is 135 Å². The van der Waals surface area contributed by atoms with Gasteiger partial charge in [-0.3, -0.25) is 14.4 Å². The fourth-order valence-electron chi connectivity index (χ4n) is 7.01. The molecule has 2 amide bonds. The Morgan fingerprint density at radius 1 is 0.711 bits per heavy atom. The number of ether oxygens (including phenoxy) is 1. The van der Waals surface area contributed by atoms with Crippen molar-refractivity contribution >= 4 is 75.7 Å². The van der Waals surface area contributed by atoms with Gasteiger partial charge in [-0.15, -0.1) is 34.8 Å². The van der Waals surface area contributed by atoms with Crippen LogP contribution in [0.3, 0.4) is 0 Å². The number of anilines is 1. The van der Waals surface area contributed by atoms with Crippen LogP contribution in [-0.2, 0) is 24.1 Å². The normalized spacial score (nSPS) is 24.9. The minimum absolute atomic E-state index is 0.0928. The first-order valence-corrected chi connectivity index (χ1v) is 15.9. The van der Waals surface area contributed by atoms with E-state index >= 15 is 0 Å². The molecule has 0 unspecified atom stereocenters. The lowest BCUT2D eigenvalue weighted by molar-refractivity contribution is -0.122. The summed E-state index contributed by atoms with van der Waals surface area (Å²) in [5.74, 6) is -3.91. The minimum Gasteiger partial charge on any atom is -0.450 e. The second kappa shape index (κ2) is 11.0. The Morgan fingerprint density at radius 3 is 1.60 bits per heavy atom. The lowest BCUT2D eigenvalue weighted by Gasteiger charge is -2.54. The molecular formula is C35H23Cl4NO5. The SMILES string of the molecule is O=C(O[C@H](CCCl)C(=O)c1ccc(Cl)cc1)c1ccc(N2C(=O)[C@@H]3[C@@H](C2=O)C2(Cl)c4ccccc4C3(Cl)c3ccccc32)cc1. The molecule has 1 saturated heterocycles. The number of benzene rings is 4. The highest BCUT2D eigenvalue weighted by Gasteiger charge is 2.73. The maximum absolute atomic E-state index is 14.2. The first-order valence-electron chi connectivity index (χ1n) is 14.2. The van der Waals surface area contributed by atoms with E-state index in [4.69, 9.17) is 51.1 Å². The van der Waals surface area contributed by atoms with Crippen molar-refractivity contribution in [3.63, 3.8) is 0 Å². The molecular weight excluding hydrogens is 656 g/mol. The predicted octanol–water partition coefficient (Wildman–Crippen LogP) is 7.47. The maximum atomic E-state index is 14.2. The Bertz CT molecular complexity index is 1770. The summed E-state index contributed by atoms with van der Waals surface area (Å²) in [6.45, 7) is 0. The molecule has 8 rings (SSSR count). The van der Waals surface area contributed by atoms with Crippen LogP contribution in [0.4, 0.5) is 5.69 Å². The van der Waals surface area contributed by atoms with Crippen LogP contribution in [0.5, 0.6) is 0 Å². The molecule has 4 aliphatic rings. The standard InChI is InChI=1S/C35H23Cl4NO5/c36-18-17-27(30(41)19-9-13-21(37)14-10-19)45-33(44)20-11-15-22(16-12-20)40-31(42)28-29(32(40)43)35(39)24-6-2-1-5-23(24)34(28,38)25-7-3-4-8-26(25)35/h1-16,27-29H,17-18H2/t27-,28+,29+,34?,35?/m1/s1. The van der Waals surface area contributed by atoms with Crippen molar-refractivity contribution in [2.24, 2.45) is 11.8 Å². The molecule has 0 N–H and O–H groups in total. The molecule has 3 atom stereocenters. The summed E-state index contributed by atoms with van der Waals surface area (Å²) < 4.78 is 5.55. The summed E-state index contributed by atoms with van der Waals surface area (Å²) in [6, 6.07) is 27.0. The molecule has 0 spiro atoms. The van der Waals surface area contributed by atoms with Crippen molar-refractivity contribution in [2.45, 2.75) is 22.3 Å². The number of hydrogen-bond donors (Lipinski definition) is 0. The van der Waals surface area contributed by atoms with Gasteiger partial charge in [0.25, 0.3) is 0 Å². The zero-order valence-corrected chi connectivity index (χ0v) is 26.4. The van der Waals surface area contributed by atoms with Crippen LogP contribution in [0, 0.1) is 11.8 Å². The van der Waals surface area contributed by atoms with Gasteiger partial charge in [0.1, 0.15) is 9.75 Å². The Balaban J connectivity index is 1.19. The maximum Gasteiger partial charge on any atom is 0.338 e. The van der Waals surface area contributed by atoms with Crippen LogP contribution in [0.15, 0.2) is 97.1 Å². The van der Waals surface area contributed by atoms with Gasteiger partial charge < -0.3 is 4.74 Å². The van der Waals surface area contributed by atoms with Crippen LogP contribution in [-0.4, -0.2) is 35.6 Å². The number of esters is 1. The van der Waals surface area contributed by atoms with Crippen LogP contribution < -0.4 is 4.90 Å². The third-order valence-corrected chi connectivity index (χ3v) is 10.7. The topological polar surface area (TPSA) is 80.8 Å². The number of alkyl halides is 3. The molecule has 2 bridgehead atoms. The molecule has 0 radical (unpaired) electrons. The third-order valence-electron chi connectivity index (χ3n) is 8.99. The number of imide groups is 1. The molecule has 0 saturated carbocycles. The molecule has 0 aromatic heterocycles. The lowest BCUT2D eigenvalue weighted by atomic mass is 9.54. The number of rotatable bonds is 7. The zero-order chi connectivity index (χ0) is 31.7. The third kappa shape index (κ3) is 4.30. The Morgan fingerprint density at radius 2 is 1.16 bits per heavy atom. The van der Waals surface area contributed by atoms with Crippen molar-refractivity contribution in [2.75, 3.05) is 10.8 Å². The Kier molecular flexibility index (Phi) is 7.33. The van der Waals surface area contributed by atoms with E-state index in [1.54, 1.807) is 24.3 Å². The number of Topliss-reactive ketones (excluding diaryl/α,β-unsaturated/α-hetero) is 1. The quantitative estimate of drug-likeness (QED) is 0.0877. The highest BCUT2D eigenvalue weighted by Crippen LogP contribution is 2.69. The Hall–Kier alpha value is -3.68. The molecule has 10 heteroatoms. The summed E-state index contributed by atoms with van der Waals surface area (Å²) in [6.07, 6.45) is -1.00. The van der Waals surface area contributed by atoms with Crippen LogP contribution in [0.2, 0.25) is 5.02 Å².